The zero-order valence-electron chi connectivity index (χ0n) is 15.7. The van der Waals surface area contributed by atoms with E-state index < -0.39 is 11.6 Å². The first-order chi connectivity index (χ1) is 14.6. The van der Waals surface area contributed by atoms with Crippen molar-refractivity contribution in [2.24, 2.45) is 0 Å². The maximum Gasteiger partial charge on any atom is 0.252 e. The molecule has 1 heterocycles. The standard InChI is InChI=1S/C24H15F2N3O/c1-2-12-27-24(30)16-8-11-20-21(13-16)29-22(15-6-4-3-5-7-15)23(28-20)18-10-9-17(25)14-19(18)26/h1,3-11,13-14H,12H2,(H,27,30). The molecule has 1 N–H and O–H groups in total. The minimum Gasteiger partial charge on any atom is -0.341 e. The summed E-state index contributed by atoms with van der Waals surface area (Å²) < 4.78 is 28.0. The predicted molar refractivity (Wildman–Crippen MR) is 111 cm³/mol. The van der Waals surface area contributed by atoms with Crippen LogP contribution in [0.15, 0.2) is 66.7 Å². The van der Waals surface area contributed by atoms with Gasteiger partial charge in [-0.2, -0.15) is 0 Å². The molecule has 0 aliphatic carbocycles. The van der Waals surface area contributed by atoms with Crippen LogP contribution in [-0.4, -0.2) is 22.4 Å². The molecule has 0 unspecified atom stereocenters. The van der Waals surface area contributed by atoms with Gasteiger partial charge in [-0.25, -0.2) is 18.7 Å². The lowest BCUT2D eigenvalue weighted by atomic mass is 10.0. The van der Waals surface area contributed by atoms with Gasteiger partial charge in [0.15, 0.2) is 0 Å². The van der Waals surface area contributed by atoms with E-state index in [9.17, 15) is 13.6 Å². The van der Waals surface area contributed by atoms with Crippen molar-refractivity contribution < 1.29 is 13.6 Å². The van der Waals surface area contributed by atoms with E-state index in [4.69, 9.17) is 6.42 Å². The number of terminal acetylenes is 1. The van der Waals surface area contributed by atoms with Gasteiger partial charge in [0, 0.05) is 22.8 Å². The van der Waals surface area contributed by atoms with Gasteiger partial charge in [0.1, 0.15) is 17.3 Å². The lowest BCUT2D eigenvalue weighted by Gasteiger charge is -2.12. The highest BCUT2D eigenvalue weighted by atomic mass is 19.1. The van der Waals surface area contributed by atoms with Gasteiger partial charge in [-0.1, -0.05) is 36.3 Å². The number of hydrogen-bond acceptors (Lipinski definition) is 3. The summed E-state index contributed by atoms with van der Waals surface area (Å²) in [5, 5.41) is 2.60. The van der Waals surface area contributed by atoms with Crippen LogP contribution in [0.1, 0.15) is 10.4 Å². The molecular weight excluding hydrogens is 384 g/mol. The molecule has 0 aliphatic heterocycles. The second-order valence-electron chi connectivity index (χ2n) is 6.50. The lowest BCUT2D eigenvalue weighted by Crippen LogP contribution is -2.23. The Labute approximate surface area is 171 Å². The summed E-state index contributed by atoms with van der Waals surface area (Å²) in [5.41, 5.74) is 2.89. The Morgan fingerprint density at radius 2 is 1.70 bits per heavy atom. The highest BCUT2D eigenvalue weighted by molar-refractivity contribution is 5.98. The van der Waals surface area contributed by atoms with Crippen molar-refractivity contribution in [1.29, 1.82) is 0 Å². The molecule has 0 radical (unpaired) electrons. The average Bonchev–Trinajstić information content (AvgIpc) is 2.77. The van der Waals surface area contributed by atoms with Crippen molar-refractivity contribution in [3.63, 3.8) is 0 Å². The molecular formula is C24H15F2N3O. The number of hydrogen-bond donors (Lipinski definition) is 1. The normalized spacial score (nSPS) is 10.6. The molecule has 6 heteroatoms. The van der Waals surface area contributed by atoms with Crippen LogP contribution in [0.2, 0.25) is 0 Å². The number of fused-ring (bicyclic) bond motifs is 1. The number of rotatable bonds is 4. The van der Waals surface area contributed by atoms with E-state index >= 15 is 0 Å². The number of carbonyl (C=O) groups excluding carboxylic acids is 1. The SMILES string of the molecule is C#CCNC(=O)c1ccc2nc(-c3ccc(F)cc3F)c(-c3ccccc3)nc2c1. The van der Waals surface area contributed by atoms with E-state index in [-0.39, 0.29) is 23.7 Å². The Morgan fingerprint density at radius 1 is 0.933 bits per heavy atom. The van der Waals surface area contributed by atoms with Crippen LogP contribution in [-0.2, 0) is 0 Å². The molecule has 1 aromatic heterocycles. The number of benzene rings is 3. The molecule has 1 amide bonds. The van der Waals surface area contributed by atoms with Crippen LogP contribution >= 0.6 is 0 Å². The van der Waals surface area contributed by atoms with Crippen LogP contribution in [0.3, 0.4) is 0 Å². The first-order valence-electron chi connectivity index (χ1n) is 9.11. The predicted octanol–water partition coefficient (Wildman–Crippen LogP) is 4.61. The molecule has 146 valence electrons. The summed E-state index contributed by atoms with van der Waals surface area (Å²) in [6, 6.07) is 17.3. The second-order valence-corrected chi connectivity index (χ2v) is 6.50. The van der Waals surface area contributed by atoms with Crippen molar-refractivity contribution in [3.8, 4) is 34.9 Å². The summed E-state index contributed by atoms with van der Waals surface area (Å²) >= 11 is 0. The number of carbonyl (C=O) groups is 1. The number of aromatic nitrogens is 2. The van der Waals surface area contributed by atoms with Crippen LogP contribution in [0.25, 0.3) is 33.5 Å². The fourth-order valence-electron chi connectivity index (χ4n) is 3.10. The number of halogens is 2. The molecule has 0 saturated heterocycles. The Kier molecular flexibility index (Phi) is 5.19. The molecule has 0 aliphatic rings. The van der Waals surface area contributed by atoms with Gasteiger partial charge in [0.2, 0.25) is 0 Å². The molecule has 0 spiro atoms. The van der Waals surface area contributed by atoms with E-state index in [1.807, 2.05) is 30.3 Å². The van der Waals surface area contributed by atoms with Crippen molar-refractivity contribution in [1.82, 2.24) is 15.3 Å². The van der Waals surface area contributed by atoms with Crippen LogP contribution < -0.4 is 5.32 Å². The molecule has 4 rings (SSSR count). The topological polar surface area (TPSA) is 54.9 Å². The average molecular weight is 399 g/mol. The van der Waals surface area contributed by atoms with E-state index in [0.29, 0.717) is 27.9 Å². The molecule has 3 aromatic carbocycles. The van der Waals surface area contributed by atoms with Gasteiger partial charge < -0.3 is 5.32 Å². The number of nitrogens with one attached hydrogen (secondary N) is 1. The summed E-state index contributed by atoms with van der Waals surface area (Å²) in [6.45, 7) is 0.112. The van der Waals surface area contributed by atoms with Gasteiger partial charge in [0.05, 0.1) is 23.3 Å². The maximum absolute atomic E-state index is 14.5. The highest BCUT2D eigenvalue weighted by Crippen LogP contribution is 2.32. The largest absolute Gasteiger partial charge is 0.341 e. The van der Waals surface area contributed by atoms with Gasteiger partial charge in [-0.05, 0) is 30.3 Å². The van der Waals surface area contributed by atoms with Crippen LogP contribution in [0.4, 0.5) is 8.78 Å². The minimum absolute atomic E-state index is 0.112. The summed E-state index contributed by atoms with van der Waals surface area (Å²) in [6.07, 6.45) is 5.18. The van der Waals surface area contributed by atoms with E-state index in [2.05, 4.69) is 21.2 Å². The van der Waals surface area contributed by atoms with Gasteiger partial charge >= 0.3 is 0 Å². The Morgan fingerprint density at radius 3 is 2.43 bits per heavy atom. The summed E-state index contributed by atoms with van der Waals surface area (Å²) in [4.78, 5) is 21.5. The highest BCUT2D eigenvalue weighted by Gasteiger charge is 2.17. The third kappa shape index (κ3) is 3.74. The quantitative estimate of drug-likeness (QED) is 0.510. The second kappa shape index (κ2) is 8.10. The van der Waals surface area contributed by atoms with Crippen molar-refractivity contribution in [3.05, 3.63) is 83.9 Å². The van der Waals surface area contributed by atoms with Crippen molar-refractivity contribution in [2.45, 2.75) is 0 Å². The molecule has 4 aromatic rings. The zero-order chi connectivity index (χ0) is 21.1. The minimum atomic E-state index is -0.730. The lowest BCUT2D eigenvalue weighted by molar-refractivity contribution is 0.0959. The monoisotopic (exact) mass is 399 g/mol. The van der Waals surface area contributed by atoms with Crippen LogP contribution in [0, 0.1) is 24.0 Å². The number of amides is 1. The first kappa shape index (κ1) is 19.2. The van der Waals surface area contributed by atoms with E-state index in [1.54, 1.807) is 18.2 Å². The molecule has 30 heavy (non-hydrogen) atoms. The van der Waals surface area contributed by atoms with Crippen molar-refractivity contribution in [2.75, 3.05) is 6.54 Å². The maximum atomic E-state index is 14.5. The Hall–Kier alpha value is -4.11. The third-order valence-corrected chi connectivity index (χ3v) is 4.51. The summed E-state index contributed by atoms with van der Waals surface area (Å²) in [5.74, 6) is 0.619. The fraction of sp³-hybridized carbons (Fsp3) is 0.0417. The van der Waals surface area contributed by atoms with E-state index in [1.165, 1.54) is 12.1 Å². The number of nitrogens with zero attached hydrogens (tertiary/aromatic N) is 2. The van der Waals surface area contributed by atoms with Gasteiger partial charge in [-0.3, -0.25) is 4.79 Å². The molecule has 4 nitrogen and oxygen atoms in total. The summed E-state index contributed by atoms with van der Waals surface area (Å²) in [7, 11) is 0. The molecule has 0 fully saturated rings. The van der Waals surface area contributed by atoms with E-state index in [0.717, 1.165) is 6.07 Å². The zero-order valence-corrected chi connectivity index (χ0v) is 15.7. The van der Waals surface area contributed by atoms with Gasteiger partial charge in [-0.15, -0.1) is 6.42 Å². The third-order valence-electron chi connectivity index (χ3n) is 4.51. The molecule has 0 atom stereocenters. The molecule has 0 bridgehead atoms. The van der Waals surface area contributed by atoms with Crippen molar-refractivity contribution >= 4 is 16.9 Å². The Bertz CT molecular complexity index is 1300. The van der Waals surface area contributed by atoms with Gasteiger partial charge in [0.25, 0.3) is 5.91 Å². The van der Waals surface area contributed by atoms with Crippen LogP contribution in [0.5, 0.6) is 0 Å². The first-order valence-corrected chi connectivity index (χ1v) is 9.11. The fourth-order valence-corrected chi connectivity index (χ4v) is 3.10. The molecule has 0 saturated carbocycles. The Balaban J connectivity index is 1.92. The smallest absolute Gasteiger partial charge is 0.252 e.